The van der Waals surface area contributed by atoms with Gasteiger partial charge in [0.1, 0.15) is 18.1 Å². The summed E-state index contributed by atoms with van der Waals surface area (Å²) in [6.45, 7) is 4.51. The molecule has 3 rings (SSSR count). The van der Waals surface area contributed by atoms with E-state index in [1.165, 1.54) is 5.56 Å². The largest absolute Gasteiger partial charge is 0.493 e. The summed E-state index contributed by atoms with van der Waals surface area (Å²) in [5.41, 5.74) is 1.18. The van der Waals surface area contributed by atoms with Crippen LogP contribution in [0.3, 0.4) is 0 Å². The molecule has 0 N–H and O–H groups in total. The second-order valence-electron chi connectivity index (χ2n) is 6.59. The van der Waals surface area contributed by atoms with Crippen molar-refractivity contribution in [2.75, 3.05) is 26.8 Å². The molecule has 1 saturated heterocycles. The van der Waals surface area contributed by atoms with E-state index in [4.69, 9.17) is 13.9 Å². The maximum atomic E-state index is 12.6. The van der Waals surface area contributed by atoms with Gasteiger partial charge < -0.3 is 18.8 Å². The number of ether oxygens (including phenoxy) is 2. The van der Waals surface area contributed by atoms with Crippen molar-refractivity contribution in [3.8, 4) is 5.75 Å². The highest BCUT2D eigenvalue weighted by atomic mass is 16.5. The number of likely N-dealkylation sites (tertiary alicyclic amines) is 1. The van der Waals surface area contributed by atoms with E-state index < -0.39 is 0 Å². The van der Waals surface area contributed by atoms with Gasteiger partial charge in [0, 0.05) is 26.1 Å². The Hall–Kier alpha value is -2.27. The lowest BCUT2D eigenvalue weighted by atomic mass is 9.98. The molecule has 1 aromatic carbocycles. The molecule has 1 aliphatic heterocycles. The Labute approximate surface area is 148 Å². The molecule has 1 atom stereocenters. The van der Waals surface area contributed by atoms with Gasteiger partial charge in [-0.2, -0.15) is 0 Å². The molecule has 25 heavy (non-hydrogen) atoms. The molecule has 0 bridgehead atoms. The molecular weight excluding hydrogens is 318 g/mol. The molecule has 1 aromatic heterocycles. The molecule has 0 aliphatic carbocycles. The first-order valence-corrected chi connectivity index (χ1v) is 8.72. The van der Waals surface area contributed by atoms with Gasteiger partial charge in [-0.3, -0.25) is 4.79 Å². The van der Waals surface area contributed by atoms with Crippen LogP contribution in [-0.4, -0.2) is 37.6 Å². The van der Waals surface area contributed by atoms with Crippen LogP contribution in [0.4, 0.5) is 0 Å². The number of hydrogen-bond donors (Lipinski definition) is 0. The summed E-state index contributed by atoms with van der Waals surface area (Å²) in [5, 5.41) is 0. The molecule has 134 valence electrons. The topological polar surface area (TPSA) is 51.9 Å². The van der Waals surface area contributed by atoms with E-state index in [9.17, 15) is 4.79 Å². The number of aryl methyl sites for hydroxylation is 1. The van der Waals surface area contributed by atoms with Gasteiger partial charge in [-0.05, 0) is 49.6 Å². The third-order valence-corrected chi connectivity index (χ3v) is 4.44. The predicted molar refractivity (Wildman–Crippen MR) is 94.7 cm³/mol. The van der Waals surface area contributed by atoms with Crippen molar-refractivity contribution in [3.63, 3.8) is 0 Å². The van der Waals surface area contributed by atoms with Crippen molar-refractivity contribution in [1.82, 2.24) is 4.90 Å². The third-order valence-electron chi connectivity index (χ3n) is 4.44. The van der Waals surface area contributed by atoms with E-state index in [-0.39, 0.29) is 5.91 Å². The number of methoxy groups -OCH3 is 1. The number of carbonyl (C=O) groups excluding carboxylic acids is 1. The van der Waals surface area contributed by atoms with Crippen LogP contribution in [0.15, 0.2) is 40.8 Å². The summed E-state index contributed by atoms with van der Waals surface area (Å²) in [6, 6.07) is 11.6. The number of furan rings is 1. The average Bonchev–Trinajstić information content (AvgIpc) is 3.09. The molecule has 2 heterocycles. The Morgan fingerprint density at radius 3 is 3.00 bits per heavy atom. The molecule has 0 spiro atoms. The summed E-state index contributed by atoms with van der Waals surface area (Å²) < 4.78 is 16.5. The monoisotopic (exact) mass is 343 g/mol. The third kappa shape index (κ3) is 4.63. The first kappa shape index (κ1) is 17.5. The number of nitrogens with zero attached hydrogens (tertiary/aromatic N) is 1. The van der Waals surface area contributed by atoms with E-state index in [0.29, 0.717) is 37.2 Å². The first-order valence-electron chi connectivity index (χ1n) is 8.72. The highest BCUT2D eigenvalue weighted by molar-refractivity contribution is 5.91. The molecule has 0 saturated carbocycles. The first-order chi connectivity index (χ1) is 12.2. The van der Waals surface area contributed by atoms with Gasteiger partial charge in [0.15, 0.2) is 5.76 Å². The molecule has 1 fully saturated rings. The lowest BCUT2D eigenvalue weighted by Gasteiger charge is -2.32. The SMILES string of the molecule is COCc1ccc(C(=O)N2CCC[C@H](COc3cccc(C)c3)C2)o1. The van der Waals surface area contributed by atoms with Gasteiger partial charge in [-0.15, -0.1) is 0 Å². The lowest BCUT2D eigenvalue weighted by molar-refractivity contribution is 0.0596. The van der Waals surface area contributed by atoms with Crippen LogP contribution in [0.25, 0.3) is 0 Å². The van der Waals surface area contributed by atoms with E-state index >= 15 is 0 Å². The van der Waals surface area contributed by atoms with Gasteiger partial charge in [-0.1, -0.05) is 12.1 Å². The number of amides is 1. The molecular formula is C20H25NO4. The van der Waals surface area contributed by atoms with Crippen molar-refractivity contribution in [2.45, 2.75) is 26.4 Å². The zero-order chi connectivity index (χ0) is 17.6. The zero-order valence-corrected chi connectivity index (χ0v) is 14.9. The Balaban J connectivity index is 1.55. The maximum Gasteiger partial charge on any atom is 0.289 e. The number of hydrogen-bond acceptors (Lipinski definition) is 4. The molecule has 5 heteroatoms. The van der Waals surface area contributed by atoms with E-state index in [1.54, 1.807) is 19.2 Å². The van der Waals surface area contributed by atoms with E-state index in [2.05, 4.69) is 13.0 Å². The summed E-state index contributed by atoms with van der Waals surface area (Å²) in [6.07, 6.45) is 2.06. The fraction of sp³-hybridized carbons (Fsp3) is 0.450. The minimum Gasteiger partial charge on any atom is -0.493 e. The van der Waals surface area contributed by atoms with Gasteiger partial charge in [-0.25, -0.2) is 0 Å². The number of piperidine rings is 1. The zero-order valence-electron chi connectivity index (χ0n) is 14.9. The predicted octanol–water partition coefficient (Wildman–Crippen LogP) is 3.67. The highest BCUT2D eigenvalue weighted by Gasteiger charge is 2.26. The van der Waals surface area contributed by atoms with Crippen LogP contribution in [0, 0.1) is 12.8 Å². The number of rotatable bonds is 6. The van der Waals surface area contributed by atoms with Gasteiger partial charge in [0.2, 0.25) is 0 Å². The summed E-state index contributed by atoms with van der Waals surface area (Å²) >= 11 is 0. The van der Waals surface area contributed by atoms with Crippen molar-refractivity contribution in [3.05, 3.63) is 53.5 Å². The van der Waals surface area contributed by atoms with Crippen molar-refractivity contribution < 1.29 is 18.7 Å². The molecule has 0 radical (unpaired) electrons. The lowest BCUT2D eigenvalue weighted by Crippen LogP contribution is -2.41. The van der Waals surface area contributed by atoms with Crippen molar-refractivity contribution in [2.24, 2.45) is 5.92 Å². The van der Waals surface area contributed by atoms with Gasteiger partial charge in [0.05, 0.1) is 6.61 Å². The van der Waals surface area contributed by atoms with Crippen LogP contribution < -0.4 is 4.74 Å². The Morgan fingerprint density at radius 2 is 2.20 bits per heavy atom. The summed E-state index contributed by atoms with van der Waals surface area (Å²) in [7, 11) is 1.60. The van der Waals surface area contributed by atoms with Crippen molar-refractivity contribution in [1.29, 1.82) is 0 Å². The van der Waals surface area contributed by atoms with Crippen LogP contribution >= 0.6 is 0 Å². The number of carbonyl (C=O) groups is 1. The quantitative estimate of drug-likeness (QED) is 0.803. The second-order valence-corrected chi connectivity index (χ2v) is 6.59. The molecule has 2 aromatic rings. The van der Waals surface area contributed by atoms with E-state index in [0.717, 1.165) is 25.1 Å². The molecule has 5 nitrogen and oxygen atoms in total. The second kappa shape index (κ2) is 8.21. The van der Waals surface area contributed by atoms with Crippen LogP contribution in [0.5, 0.6) is 5.75 Å². The Morgan fingerprint density at radius 1 is 1.32 bits per heavy atom. The summed E-state index contributed by atoms with van der Waals surface area (Å²) in [5.74, 6) is 2.22. The fourth-order valence-electron chi connectivity index (χ4n) is 3.17. The van der Waals surface area contributed by atoms with Crippen molar-refractivity contribution >= 4 is 5.91 Å². The minimum absolute atomic E-state index is 0.0531. The summed E-state index contributed by atoms with van der Waals surface area (Å²) in [4.78, 5) is 14.5. The molecule has 1 aliphatic rings. The fourth-order valence-corrected chi connectivity index (χ4v) is 3.17. The van der Waals surface area contributed by atoms with Crippen LogP contribution in [-0.2, 0) is 11.3 Å². The van der Waals surface area contributed by atoms with Gasteiger partial charge >= 0.3 is 0 Å². The van der Waals surface area contributed by atoms with Crippen LogP contribution in [0.1, 0.15) is 34.7 Å². The van der Waals surface area contributed by atoms with E-state index in [1.807, 2.05) is 23.1 Å². The molecule has 0 unspecified atom stereocenters. The normalized spacial score (nSPS) is 17.5. The number of benzene rings is 1. The van der Waals surface area contributed by atoms with Gasteiger partial charge in [0.25, 0.3) is 5.91 Å². The minimum atomic E-state index is -0.0531. The standard InChI is InChI=1S/C20H25NO4/c1-15-5-3-7-17(11-15)24-13-16-6-4-10-21(12-16)20(22)19-9-8-18(25-19)14-23-2/h3,5,7-9,11,16H,4,6,10,12-14H2,1-2H3/t16-/m0/s1. The Bertz CT molecular complexity index is 709. The maximum absolute atomic E-state index is 12.6. The molecule has 1 amide bonds. The smallest absolute Gasteiger partial charge is 0.289 e. The average molecular weight is 343 g/mol. The van der Waals surface area contributed by atoms with Crippen LogP contribution in [0.2, 0.25) is 0 Å². The highest BCUT2D eigenvalue weighted by Crippen LogP contribution is 2.21. The Kier molecular flexibility index (Phi) is 5.76.